The van der Waals surface area contributed by atoms with E-state index in [4.69, 9.17) is 15.0 Å². The van der Waals surface area contributed by atoms with Gasteiger partial charge in [-0.1, -0.05) is 218 Å². The average molecular weight is 1430 g/mol. The second kappa shape index (κ2) is 27.5. The Hall–Kier alpha value is -15.2. The Labute approximate surface area is 645 Å². The number of benzene rings is 13. The molecule has 524 valence electrons. The van der Waals surface area contributed by atoms with Gasteiger partial charge >= 0.3 is 0 Å². The number of aromatic nitrogens is 9. The molecule has 9 heterocycles. The third-order valence-electron chi connectivity index (χ3n) is 21.8. The van der Waals surface area contributed by atoms with Crippen LogP contribution in [-0.2, 0) is 0 Å². The van der Waals surface area contributed by atoms with Crippen LogP contribution in [0.1, 0.15) is 0 Å². The summed E-state index contributed by atoms with van der Waals surface area (Å²) in [5.41, 5.74) is 30.3. The fraction of sp³-hybridized carbons (Fsp3) is 0. The van der Waals surface area contributed by atoms with Crippen molar-refractivity contribution in [1.29, 1.82) is 0 Å². The zero-order chi connectivity index (χ0) is 74.0. The lowest BCUT2D eigenvalue weighted by Crippen LogP contribution is -1.96. The minimum absolute atomic E-state index is 0.928. The highest BCUT2D eigenvalue weighted by molar-refractivity contribution is 6.14. The topological polar surface area (TPSA) is 84.2 Å². The van der Waals surface area contributed by atoms with Crippen LogP contribution in [0, 0.1) is 0 Å². The van der Waals surface area contributed by atoms with Gasteiger partial charge in [0.05, 0.1) is 55.9 Å². The minimum Gasteiger partial charge on any atom is -0.309 e. The first kappa shape index (κ1) is 65.1. The van der Waals surface area contributed by atoms with Crippen LogP contribution in [0.5, 0.6) is 0 Å². The van der Waals surface area contributed by atoms with Gasteiger partial charge in [0.15, 0.2) is 0 Å². The van der Waals surface area contributed by atoms with Crippen LogP contribution in [0.2, 0.25) is 0 Å². The fourth-order valence-corrected chi connectivity index (χ4v) is 16.5. The van der Waals surface area contributed by atoms with E-state index >= 15 is 0 Å². The molecule has 9 heteroatoms. The van der Waals surface area contributed by atoms with Gasteiger partial charge in [0.25, 0.3) is 0 Å². The van der Waals surface area contributed by atoms with Gasteiger partial charge in [0, 0.05) is 124 Å². The Bertz CT molecular complexity index is 6760. The monoisotopic (exact) mass is 1430 g/mol. The molecule has 0 aliphatic carbocycles. The van der Waals surface area contributed by atoms with E-state index in [-0.39, 0.29) is 0 Å². The number of hydrogen-bond acceptors (Lipinski definition) is 5. The molecule has 22 aromatic rings. The normalized spacial score (nSPS) is 11.6. The van der Waals surface area contributed by atoms with E-state index in [0.717, 1.165) is 140 Å². The summed E-state index contributed by atoms with van der Waals surface area (Å²) in [5, 5.41) is 9.51. The Morgan fingerprint density at radius 2 is 0.473 bits per heavy atom. The van der Waals surface area contributed by atoms with Gasteiger partial charge in [-0.15, -0.1) is 0 Å². The SMILES string of the molecule is c1ccc(-c2cc(-c3ccccc3)nc(-c3ccc(-n4c5ccccc5c5cc(-c6ccc7c(c6)c6ccccc6n7-c6ccccc6)cnc54)cc3)c2)cc1.c1ccc(-n2c3ccccc3c3cc(-c4cnc5c(c4)c4ccccc4n5-c4ccc(-c5cc(-c6ccccn6)cc(-c6ccccn6)c5)cc4)ccc32)cc1. The summed E-state index contributed by atoms with van der Waals surface area (Å²) in [4.78, 5) is 24.8. The maximum atomic E-state index is 5.18. The second-order valence-electron chi connectivity index (χ2n) is 28.4. The Kier molecular flexibility index (Phi) is 16.0. The summed E-state index contributed by atoms with van der Waals surface area (Å²) in [5.74, 6) is 0. The molecule has 112 heavy (non-hydrogen) atoms. The summed E-state index contributed by atoms with van der Waals surface area (Å²) in [6, 6.07) is 135. The zero-order valence-corrected chi connectivity index (χ0v) is 60.7. The van der Waals surface area contributed by atoms with Crippen molar-refractivity contribution >= 4 is 87.5 Å². The van der Waals surface area contributed by atoms with Crippen LogP contribution < -0.4 is 0 Å². The molecule has 9 aromatic heterocycles. The number of hydrogen-bond donors (Lipinski definition) is 0. The molecule has 0 atom stereocenters. The van der Waals surface area contributed by atoms with E-state index in [1.807, 2.05) is 67.3 Å². The smallest absolute Gasteiger partial charge is 0.145 e. The number of fused-ring (bicyclic) bond motifs is 12. The van der Waals surface area contributed by atoms with Crippen LogP contribution in [-0.4, -0.2) is 43.2 Å². The zero-order valence-electron chi connectivity index (χ0n) is 60.7. The second-order valence-corrected chi connectivity index (χ2v) is 28.4. The standard InChI is InChI=1S/C52H34N4.C51H33N5/c1-4-14-35(15-5-1)39-32-47(36-16-6-2-7-17-36)54-48(33-39)37-24-27-42(28-25-37)56-50-23-13-11-21-44(50)46-31-40(34-53-52(46)56)38-26-29-51-45(30-38)43-20-10-12-22-49(43)55(51)41-18-8-3-9-19-41;1-2-12-40(13-3-1)55-48-18-6-4-14-42(48)44-31-35(22-25-50(44)55)39-32-45-43-15-5-7-19-49(43)56(51(45)54-33-39)41-23-20-34(21-24-41)36-28-37(46-16-8-10-26-52-46)30-38(29-36)47-17-9-11-27-53-47/h1-34H;1-33H. The first-order chi connectivity index (χ1) is 55.5. The van der Waals surface area contributed by atoms with Crippen molar-refractivity contribution in [3.63, 3.8) is 0 Å². The predicted molar refractivity (Wildman–Crippen MR) is 463 cm³/mol. The highest BCUT2D eigenvalue weighted by atomic mass is 15.1. The highest BCUT2D eigenvalue weighted by Gasteiger charge is 2.22. The molecule has 0 bridgehead atoms. The van der Waals surface area contributed by atoms with E-state index in [9.17, 15) is 0 Å². The third-order valence-corrected chi connectivity index (χ3v) is 21.8. The molecule has 0 N–H and O–H groups in total. The van der Waals surface area contributed by atoms with E-state index < -0.39 is 0 Å². The van der Waals surface area contributed by atoms with Crippen LogP contribution >= 0.6 is 0 Å². The van der Waals surface area contributed by atoms with E-state index in [2.05, 4.69) is 368 Å². The van der Waals surface area contributed by atoms with Gasteiger partial charge in [-0.2, -0.15) is 0 Å². The first-order valence-corrected chi connectivity index (χ1v) is 37.8. The van der Waals surface area contributed by atoms with Crippen molar-refractivity contribution in [2.45, 2.75) is 0 Å². The molecule has 0 unspecified atom stereocenters. The summed E-state index contributed by atoms with van der Waals surface area (Å²) in [6.07, 6.45) is 7.72. The number of para-hydroxylation sites is 6. The lowest BCUT2D eigenvalue weighted by molar-refractivity contribution is 1.14. The van der Waals surface area contributed by atoms with Crippen LogP contribution in [0.25, 0.3) is 200 Å². The molecular formula is C103H67N9. The molecular weight excluding hydrogens is 1360 g/mol. The van der Waals surface area contributed by atoms with Crippen LogP contribution in [0.4, 0.5) is 0 Å². The number of nitrogens with zero attached hydrogens (tertiary/aromatic N) is 9. The Balaban J connectivity index is 0.000000141. The average Bonchev–Trinajstić information content (AvgIpc) is 1.61. The fourth-order valence-electron chi connectivity index (χ4n) is 16.5. The molecule has 0 fully saturated rings. The molecule has 0 saturated heterocycles. The molecule has 0 aliphatic heterocycles. The van der Waals surface area contributed by atoms with Crippen LogP contribution in [0.3, 0.4) is 0 Å². The maximum absolute atomic E-state index is 5.18. The summed E-state index contributed by atoms with van der Waals surface area (Å²) in [6.45, 7) is 0. The first-order valence-electron chi connectivity index (χ1n) is 37.8. The lowest BCUT2D eigenvalue weighted by atomic mass is 9.96. The third kappa shape index (κ3) is 11.5. The summed E-state index contributed by atoms with van der Waals surface area (Å²) < 4.78 is 9.26. The van der Waals surface area contributed by atoms with Crippen LogP contribution in [0.15, 0.2) is 407 Å². The number of rotatable bonds is 12. The van der Waals surface area contributed by atoms with E-state index in [0.29, 0.717) is 0 Å². The van der Waals surface area contributed by atoms with Gasteiger partial charge in [-0.05, 0) is 197 Å². The predicted octanol–water partition coefficient (Wildman–Crippen LogP) is 26.1. The molecule has 22 rings (SSSR count). The van der Waals surface area contributed by atoms with Crippen molar-refractivity contribution in [3.05, 3.63) is 407 Å². The summed E-state index contributed by atoms with van der Waals surface area (Å²) in [7, 11) is 0. The quantitative estimate of drug-likeness (QED) is 0.122. The van der Waals surface area contributed by atoms with E-state index in [1.165, 1.54) is 59.9 Å². The molecule has 0 radical (unpaired) electrons. The van der Waals surface area contributed by atoms with Gasteiger partial charge in [0.2, 0.25) is 0 Å². The molecule has 0 aliphatic rings. The van der Waals surface area contributed by atoms with Crippen molar-refractivity contribution in [2.24, 2.45) is 0 Å². The highest BCUT2D eigenvalue weighted by Crippen LogP contribution is 2.42. The molecule has 0 amide bonds. The number of pyridine rings is 5. The molecule has 13 aromatic carbocycles. The largest absolute Gasteiger partial charge is 0.309 e. The Morgan fingerprint density at radius 1 is 0.161 bits per heavy atom. The molecule has 0 saturated carbocycles. The lowest BCUT2D eigenvalue weighted by Gasteiger charge is -2.12. The van der Waals surface area contributed by atoms with Crippen molar-refractivity contribution in [2.75, 3.05) is 0 Å². The summed E-state index contributed by atoms with van der Waals surface area (Å²) >= 11 is 0. The van der Waals surface area contributed by atoms with Crippen molar-refractivity contribution in [3.8, 4) is 112 Å². The van der Waals surface area contributed by atoms with Crippen molar-refractivity contribution < 1.29 is 0 Å². The minimum atomic E-state index is 0.928. The molecule has 0 spiro atoms. The van der Waals surface area contributed by atoms with Gasteiger partial charge in [-0.3, -0.25) is 19.1 Å². The maximum Gasteiger partial charge on any atom is 0.145 e. The van der Waals surface area contributed by atoms with E-state index in [1.54, 1.807) is 0 Å². The Morgan fingerprint density at radius 3 is 0.911 bits per heavy atom. The van der Waals surface area contributed by atoms with Gasteiger partial charge < -0.3 is 9.13 Å². The molecule has 9 nitrogen and oxygen atoms in total. The van der Waals surface area contributed by atoms with Gasteiger partial charge in [0.1, 0.15) is 11.3 Å². The van der Waals surface area contributed by atoms with Gasteiger partial charge in [-0.25, -0.2) is 15.0 Å². The van der Waals surface area contributed by atoms with Crippen molar-refractivity contribution in [1.82, 2.24) is 43.2 Å².